The first-order chi connectivity index (χ1) is 21.2. The van der Waals surface area contributed by atoms with E-state index in [0.29, 0.717) is 11.3 Å². The van der Waals surface area contributed by atoms with E-state index in [-0.39, 0.29) is 0 Å². The van der Waals surface area contributed by atoms with Gasteiger partial charge in [-0.1, -0.05) is 72.8 Å². The number of hydrogen-bond acceptors (Lipinski definition) is 3. The second kappa shape index (κ2) is 9.02. The van der Waals surface area contributed by atoms with E-state index < -0.39 is 0 Å². The van der Waals surface area contributed by atoms with E-state index in [1.165, 1.54) is 45.7 Å². The van der Waals surface area contributed by atoms with Gasteiger partial charge in [0.25, 0.3) is 0 Å². The molecule has 0 radical (unpaired) electrons. The Bertz CT molecular complexity index is 2650. The molecular formula is C38H19N3S2. The molecule has 0 aliphatic heterocycles. The van der Waals surface area contributed by atoms with Crippen LogP contribution in [0.15, 0.2) is 115 Å². The van der Waals surface area contributed by atoms with Crippen LogP contribution < -0.4 is 0 Å². The first kappa shape index (κ1) is 24.2. The Labute approximate surface area is 254 Å². The number of nitriles is 1. The Kier molecular flexibility index (Phi) is 5.07. The van der Waals surface area contributed by atoms with Gasteiger partial charge in [-0.15, -0.1) is 22.7 Å². The average Bonchev–Trinajstić information content (AvgIpc) is 3.73. The summed E-state index contributed by atoms with van der Waals surface area (Å²) in [6.45, 7) is 7.50. The normalized spacial score (nSPS) is 11.7. The van der Waals surface area contributed by atoms with Crippen molar-refractivity contribution < 1.29 is 0 Å². The molecule has 0 N–H and O–H groups in total. The van der Waals surface area contributed by atoms with Crippen LogP contribution in [0.1, 0.15) is 5.56 Å². The molecule has 3 nitrogen and oxygen atoms in total. The minimum Gasteiger partial charge on any atom is -0.307 e. The Morgan fingerprint density at radius 3 is 2.12 bits per heavy atom. The summed E-state index contributed by atoms with van der Waals surface area (Å²) in [6, 6.07) is 42.5. The van der Waals surface area contributed by atoms with Crippen molar-refractivity contribution in [1.82, 2.24) is 4.57 Å². The van der Waals surface area contributed by atoms with E-state index in [1.54, 1.807) is 11.3 Å². The van der Waals surface area contributed by atoms with E-state index in [9.17, 15) is 5.26 Å². The summed E-state index contributed by atoms with van der Waals surface area (Å²) in [6.07, 6.45) is 0. The first-order valence-electron chi connectivity index (χ1n) is 13.9. The second-order valence-corrected chi connectivity index (χ2v) is 12.8. The van der Waals surface area contributed by atoms with Crippen molar-refractivity contribution in [3.63, 3.8) is 0 Å². The molecule has 0 saturated carbocycles. The van der Waals surface area contributed by atoms with Gasteiger partial charge < -0.3 is 4.57 Å². The smallest absolute Gasteiger partial charge is 0.187 e. The molecule has 0 aliphatic rings. The molecule has 43 heavy (non-hydrogen) atoms. The molecule has 0 saturated heterocycles. The lowest BCUT2D eigenvalue weighted by Crippen LogP contribution is -2.00. The molecular weight excluding hydrogens is 563 g/mol. The van der Waals surface area contributed by atoms with E-state index in [2.05, 4.69) is 106 Å². The van der Waals surface area contributed by atoms with Crippen LogP contribution in [-0.4, -0.2) is 4.57 Å². The summed E-state index contributed by atoms with van der Waals surface area (Å²) < 4.78 is 7.20. The lowest BCUT2D eigenvalue weighted by atomic mass is 9.98. The maximum absolute atomic E-state index is 10.4. The molecule has 0 unspecified atom stereocenters. The molecule has 0 bridgehead atoms. The summed E-state index contributed by atoms with van der Waals surface area (Å²) in [4.78, 5) is 3.67. The van der Waals surface area contributed by atoms with Gasteiger partial charge in [-0.3, -0.25) is 0 Å². The number of aromatic nitrogens is 1. The van der Waals surface area contributed by atoms with Gasteiger partial charge in [0, 0.05) is 45.9 Å². The maximum Gasteiger partial charge on any atom is 0.187 e. The van der Waals surface area contributed by atoms with Gasteiger partial charge >= 0.3 is 0 Å². The van der Waals surface area contributed by atoms with Crippen molar-refractivity contribution in [1.29, 1.82) is 5.26 Å². The third kappa shape index (κ3) is 3.38. The fourth-order valence-electron chi connectivity index (χ4n) is 6.59. The molecule has 9 rings (SSSR count). The lowest BCUT2D eigenvalue weighted by molar-refractivity contribution is 1.17. The molecule has 0 spiro atoms. The quantitative estimate of drug-likeness (QED) is 0.187. The summed E-state index contributed by atoms with van der Waals surface area (Å²) >= 11 is 3.61. The third-order valence-corrected chi connectivity index (χ3v) is 10.8. The van der Waals surface area contributed by atoms with Crippen molar-refractivity contribution >= 4 is 90.5 Å². The molecule has 5 heteroatoms. The van der Waals surface area contributed by atoms with Crippen LogP contribution in [0.2, 0.25) is 0 Å². The van der Waals surface area contributed by atoms with E-state index in [0.717, 1.165) is 33.2 Å². The number of fused-ring (bicyclic) bond motifs is 10. The van der Waals surface area contributed by atoms with Crippen LogP contribution >= 0.6 is 22.7 Å². The Balaban J connectivity index is 1.36. The zero-order valence-corrected chi connectivity index (χ0v) is 24.3. The molecule has 198 valence electrons. The minimum atomic E-state index is 0.641. The van der Waals surface area contributed by atoms with Gasteiger partial charge in [0.1, 0.15) is 6.07 Å². The van der Waals surface area contributed by atoms with Crippen molar-refractivity contribution in [3.8, 4) is 22.9 Å². The number of nitrogens with zero attached hydrogens (tertiary/aromatic N) is 3. The topological polar surface area (TPSA) is 33.1 Å². The van der Waals surface area contributed by atoms with Gasteiger partial charge in [-0.2, -0.15) is 5.26 Å². The fraction of sp³-hybridized carbons (Fsp3) is 0. The molecule has 9 aromatic rings. The van der Waals surface area contributed by atoms with Crippen molar-refractivity contribution in [2.45, 2.75) is 0 Å². The van der Waals surface area contributed by atoms with E-state index in [4.69, 9.17) is 6.57 Å². The average molecular weight is 582 g/mol. The first-order valence-corrected chi connectivity index (χ1v) is 15.6. The van der Waals surface area contributed by atoms with Crippen LogP contribution in [-0.2, 0) is 0 Å². The number of rotatable bonds is 2. The molecule has 3 aromatic heterocycles. The third-order valence-electron chi connectivity index (χ3n) is 8.45. The van der Waals surface area contributed by atoms with Crippen LogP contribution in [0.25, 0.3) is 83.8 Å². The highest BCUT2D eigenvalue weighted by Gasteiger charge is 2.20. The fourth-order valence-corrected chi connectivity index (χ4v) is 8.99. The van der Waals surface area contributed by atoms with E-state index in [1.807, 2.05) is 35.6 Å². The number of hydrogen-bond donors (Lipinski definition) is 0. The predicted octanol–water partition coefficient (Wildman–Crippen LogP) is 11.6. The summed E-state index contributed by atoms with van der Waals surface area (Å²) in [5, 5.41) is 17.5. The van der Waals surface area contributed by atoms with Gasteiger partial charge in [0.2, 0.25) is 0 Å². The zero-order valence-electron chi connectivity index (χ0n) is 22.6. The number of thiophene rings is 2. The van der Waals surface area contributed by atoms with E-state index >= 15 is 0 Å². The minimum absolute atomic E-state index is 0.641. The summed E-state index contributed by atoms with van der Waals surface area (Å²) in [7, 11) is 0. The van der Waals surface area contributed by atoms with Crippen LogP contribution in [0.4, 0.5) is 5.69 Å². The van der Waals surface area contributed by atoms with Crippen LogP contribution in [0, 0.1) is 17.9 Å². The van der Waals surface area contributed by atoms with Crippen molar-refractivity contribution in [2.24, 2.45) is 0 Å². The molecule has 0 amide bonds. The number of para-hydroxylation sites is 3. The molecule has 0 aliphatic carbocycles. The molecule has 0 atom stereocenters. The van der Waals surface area contributed by atoms with Gasteiger partial charge in [0.15, 0.2) is 5.69 Å². The standard InChI is InChI=1S/C38H19N3S2/c1-40-24-14-17-33-29(20-24)28-15-18-35-36(38(28)43-33)30-19-22(13-16-34(30)42-35)25-10-6-7-23(21-39)37(25)41-31-11-4-2-8-26(31)27-9-3-5-12-32(27)41/h2-20H. The molecule has 0 fully saturated rings. The van der Waals surface area contributed by atoms with Crippen LogP contribution in [0.3, 0.4) is 0 Å². The molecule has 6 aromatic carbocycles. The van der Waals surface area contributed by atoms with Gasteiger partial charge in [0.05, 0.1) is 28.9 Å². The highest BCUT2D eigenvalue weighted by molar-refractivity contribution is 7.29. The Morgan fingerprint density at radius 1 is 0.628 bits per heavy atom. The summed E-state index contributed by atoms with van der Waals surface area (Å²) in [5.74, 6) is 0. The lowest BCUT2D eigenvalue weighted by Gasteiger charge is -2.16. The van der Waals surface area contributed by atoms with Gasteiger partial charge in [-0.05, 0) is 58.8 Å². The molecule has 3 heterocycles. The highest BCUT2D eigenvalue weighted by atomic mass is 32.1. The Morgan fingerprint density at radius 2 is 1.35 bits per heavy atom. The number of benzene rings is 6. The Hall–Kier alpha value is -5.46. The largest absolute Gasteiger partial charge is 0.307 e. The highest BCUT2D eigenvalue weighted by Crippen LogP contribution is 2.46. The SMILES string of the molecule is [C-]#[N+]c1ccc2sc3c(ccc4sc5ccc(-c6cccc(C#N)c6-n6c7ccccc7c7ccccc76)cc5c43)c2c1. The van der Waals surface area contributed by atoms with Gasteiger partial charge in [-0.25, -0.2) is 4.85 Å². The zero-order chi connectivity index (χ0) is 28.7. The predicted molar refractivity (Wildman–Crippen MR) is 183 cm³/mol. The maximum atomic E-state index is 10.4. The van der Waals surface area contributed by atoms with Crippen molar-refractivity contribution in [3.05, 3.63) is 132 Å². The monoisotopic (exact) mass is 581 g/mol. The van der Waals surface area contributed by atoms with Crippen molar-refractivity contribution in [2.75, 3.05) is 0 Å². The van der Waals surface area contributed by atoms with Crippen LogP contribution in [0.5, 0.6) is 0 Å². The second-order valence-electron chi connectivity index (χ2n) is 10.7. The summed E-state index contributed by atoms with van der Waals surface area (Å²) in [5.41, 5.74) is 6.48.